The molecule has 0 amide bonds. The van der Waals surface area contributed by atoms with E-state index in [4.69, 9.17) is 50.6 Å². The Labute approximate surface area is 123 Å². The van der Waals surface area contributed by atoms with Gasteiger partial charge >= 0.3 is 46.2 Å². The topological polar surface area (TPSA) is 262 Å². The zero-order chi connectivity index (χ0) is 13.5. The van der Waals surface area contributed by atoms with Gasteiger partial charge in [-0.25, -0.2) is 0 Å². The Hall–Kier alpha value is -1.68. The minimum Gasteiger partial charge on any atom is -0.444 e. The molecule has 0 N–H and O–H groups in total. The molecule has 0 aliphatic carbocycles. The van der Waals surface area contributed by atoms with Gasteiger partial charge in [0, 0.05) is 0 Å². The average Bonchev–Trinajstić information content (AvgIpc) is 2.09. The molecule has 0 saturated heterocycles. The van der Waals surface area contributed by atoms with Gasteiger partial charge in [0.05, 0.1) is 0 Å². The summed E-state index contributed by atoms with van der Waals surface area (Å²) in [6, 6.07) is 0. The third kappa shape index (κ3) is 775. The summed E-state index contributed by atoms with van der Waals surface area (Å²) < 4.78 is 0. The Morgan fingerprint density at radius 2 is 0.471 bits per heavy atom. The van der Waals surface area contributed by atoms with Crippen molar-refractivity contribution in [3.63, 3.8) is 0 Å². The maximum Gasteiger partial charge on any atom is 3.00 e. The number of nitrogens with zero attached hydrogens (tertiary/aromatic N) is 5. The molecule has 0 unspecified atom stereocenters. The fraction of sp³-hybridized carbons (Fsp3) is 0. The molecule has 0 spiro atoms. The molecule has 17 heavy (non-hydrogen) atoms. The van der Waals surface area contributed by atoms with Crippen molar-refractivity contribution in [2.45, 2.75) is 0 Å². The third-order valence-electron chi connectivity index (χ3n) is 0. The van der Waals surface area contributed by atoms with Crippen LogP contribution in [-0.4, -0.2) is 46.2 Å². The molecule has 0 rings (SSSR count). The predicted molar refractivity (Wildman–Crippen MR) is 57.3 cm³/mol. The van der Waals surface area contributed by atoms with Crippen LogP contribution >= 0.6 is 0 Å². The van der Waals surface area contributed by atoms with E-state index in [0.29, 0.717) is 0 Å². The van der Waals surface area contributed by atoms with Crippen molar-refractivity contribution in [3.05, 3.63) is 50.6 Å². The summed E-state index contributed by atoms with van der Waals surface area (Å²) in [5.41, 5.74) is 0. The predicted octanol–water partition coefficient (Wildman–Crippen LogP) is 0.491. The van der Waals surface area contributed by atoms with E-state index >= 15 is 0 Å². The number of rotatable bonds is 0. The van der Waals surface area contributed by atoms with Crippen LogP contribution in [-0.2, 0) is 0 Å². The molecule has 0 aliphatic heterocycles. The number of hydrogen-bond acceptors (Lipinski definition) is 15. The van der Waals surface area contributed by atoms with Gasteiger partial charge in [0.15, 0.2) is 0 Å². The molecule has 0 aromatic rings. The molecule has 0 aromatic carbocycles. The van der Waals surface area contributed by atoms with E-state index in [0.717, 1.165) is 26.7 Å². The van der Waals surface area contributed by atoms with Crippen molar-refractivity contribution in [1.82, 2.24) is 0 Å². The van der Waals surface area contributed by atoms with Crippen molar-refractivity contribution in [2.75, 3.05) is 0 Å². The first-order valence-electron chi connectivity index (χ1n) is 1.83. The minimum atomic E-state index is 0. The monoisotopic (exact) mass is 281 g/mol. The maximum atomic E-state index is 8.00. The smallest absolute Gasteiger partial charge is 0.444 e. The van der Waals surface area contributed by atoms with Gasteiger partial charge < -0.3 is 50.6 Å². The maximum absolute atomic E-state index is 8.00. The fourth-order valence-electron chi connectivity index (χ4n) is 0. The Morgan fingerprint density at radius 3 is 0.471 bits per heavy atom. The van der Waals surface area contributed by atoms with Gasteiger partial charge in [-0.05, 0) is 0 Å². The largest absolute Gasteiger partial charge is 3.00 e. The molecule has 90 valence electrons. The molecule has 0 aromatic heterocycles. The van der Waals surface area contributed by atoms with E-state index in [-0.39, 0.29) is 46.2 Å². The summed E-state index contributed by atoms with van der Waals surface area (Å²) in [5.74, 6) is 0. The van der Waals surface area contributed by atoms with Crippen LogP contribution in [0.2, 0.25) is 0 Å². The normalized spacial score (nSPS) is 3.53. The number of hydrogen-bond donors (Lipinski definition) is 0. The second kappa shape index (κ2) is 230. The van der Waals surface area contributed by atoms with Crippen LogP contribution < -0.4 is 0 Å². The molecule has 0 radical (unpaired) electrons. The first-order valence-corrected chi connectivity index (χ1v) is 1.83. The van der Waals surface area contributed by atoms with Crippen LogP contribution in [0.3, 0.4) is 0 Å². The van der Waals surface area contributed by atoms with E-state index in [9.17, 15) is 0 Å². The first-order chi connectivity index (χ1) is 7.07. The van der Waals surface area contributed by atoms with E-state index in [1.165, 1.54) is 0 Å². The molecule has 0 aliphatic rings. The molecular weight excluding hydrogens is 281 g/mol. The molecule has 15 nitrogen and oxygen atoms in total. The van der Waals surface area contributed by atoms with Gasteiger partial charge in [-0.3, -0.25) is 0 Å². The van der Waals surface area contributed by atoms with E-state index in [2.05, 4.69) is 0 Å². The second-order valence-corrected chi connectivity index (χ2v) is 0.373. The molecular formula is BCaN5O10. The van der Waals surface area contributed by atoms with Gasteiger partial charge in [-0.2, -0.15) is 0 Å². The molecule has 17 heteroatoms. The molecule has 0 bridgehead atoms. The van der Waals surface area contributed by atoms with Gasteiger partial charge in [0.25, 0.3) is 0 Å². The first kappa shape index (κ1) is 45.4. The van der Waals surface area contributed by atoms with Crippen LogP contribution in [0.1, 0.15) is 0 Å². The molecule has 0 saturated carbocycles. The van der Waals surface area contributed by atoms with Crippen LogP contribution in [0.25, 0.3) is 0 Å². The van der Waals surface area contributed by atoms with E-state index in [1.807, 2.05) is 0 Å². The van der Waals surface area contributed by atoms with Crippen molar-refractivity contribution >= 4 is 46.2 Å². The van der Waals surface area contributed by atoms with Crippen molar-refractivity contribution in [3.8, 4) is 0 Å². The summed E-state index contributed by atoms with van der Waals surface area (Å²) in [7, 11) is 0. The van der Waals surface area contributed by atoms with Gasteiger partial charge in [0.2, 0.25) is 0 Å². The van der Waals surface area contributed by atoms with Crippen LogP contribution in [0.5, 0.6) is 0 Å². The SMILES string of the molecule is O=N[O-].O=N[O-].O=N[O-].O=N[O-].O=N[O-].[B+3].[Ca+2]. The second-order valence-electron chi connectivity index (χ2n) is 0.373. The fourth-order valence-corrected chi connectivity index (χ4v) is 0. The van der Waals surface area contributed by atoms with Gasteiger partial charge in [0.1, 0.15) is 0 Å². The van der Waals surface area contributed by atoms with Crippen molar-refractivity contribution in [2.24, 2.45) is 26.7 Å². The molecule has 0 fully saturated rings. The van der Waals surface area contributed by atoms with Gasteiger partial charge in [-0.1, -0.05) is 0 Å². The summed E-state index contributed by atoms with van der Waals surface area (Å²) in [6.45, 7) is 0. The minimum absolute atomic E-state index is 0. The average molecular weight is 281 g/mol. The third-order valence-corrected chi connectivity index (χ3v) is 0. The zero-order valence-electron chi connectivity index (χ0n) is 7.60. The quantitative estimate of drug-likeness (QED) is 0.336. The Morgan fingerprint density at radius 1 is 0.471 bits per heavy atom. The standard InChI is InChI=1S/B.Ca.5HNO2/c;;5*2-1-3/h;;5*(H,2,3)/q+3;+2;;;;;/p-5. The summed E-state index contributed by atoms with van der Waals surface area (Å²) >= 11 is 0. The molecule has 0 heterocycles. The van der Waals surface area contributed by atoms with Crippen molar-refractivity contribution in [1.29, 1.82) is 0 Å². The van der Waals surface area contributed by atoms with Crippen LogP contribution in [0, 0.1) is 50.6 Å². The summed E-state index contributed by atoms with van der Waals surface area (Å²) in [5, 5.41) is 45.0. The summed E-state index contributed by atoms with van der Waals surface area (Å²) in [6.07, 6.45) is 0. The van der Waals surface area contributed by atoms with E-state index in [1.54, 1.807) is 0 Å². The molecule has 0 atom stereocenters. The zero-order valence-corrected chi connectivity index (χ0v) is 9.81. The Kier molecular flexibility index (Phi) is 614. The Balaban J connectivity index is -0.0000000143. The van der Waals surface area contributed by atoms with Crippen LogP contribution in [0.15, 0.2) is 26.7 Å². The van der Waals surface area contributed by atoms with E-state index < -0.39 is 0 Å². The van der Waals surface area contributed by atoms with Gasteiger partial charge in [-0.15, -0.1) is 26.7 Å². The van der Waals surface area contributed by atoms with Crippen LogP contribution in [0.4, 0.5) is 0 Å². The van der Waals surface area contributed by atoms with Crippen molar-refractivity contribution < 1.29 is 0 Å². The Bertz CT molecular complexity index is 97.0. The summed E-state index contributed by atoms with van der Waals surface area (Å²) in [4.78, 5) is 40.0.